The average Bonchev–Trinajstić information content (AvgIpc) is 3.30. The van der Waals surface area contributed by atoms with E-state index in [2.05, 4.69) is 99.8 Å². The number of unbranched alkanes of at least 4 members (excludes halogenated alkanes) is 23. The Bertz CT molecular complexity index is 1270. The van der Waals surface area contributed by atoms with E-state index in [-0.39, 0.29) is 37.5 Å². The summed E-state index contributed by atoms with van der Waals surface area (Å²) < 4.78 is 16.7. The zero-order valence-electron chi connectivity index (χ0n) is 42.5. The van der Waals surface area contributed by atoms with E-state index in [1.807, 2.05) is 6.08 Å². The van der Waals surface area contributed by atoms with Crippen molar-refractivity contribution in [2.75, 3.05) is 13.2 Å². The van der Waals surface area contributed by atoms with Gasteiger partial charge in [0.25, 0.3) is 0 Å². The Morgan fingerprint density at radius 2 is 0.631 bits per heavy atom. The predicted molar refractivity (Wildman–Crippen MR) is 279 cm³/mol. The molecule has 0 bridgehead atoms. The quantitative estimate of drug-likeness (QED) is 0.0262. The first-order valence-corrected chi connectivity index (χ1v) is 27.1. The van der Waals surface area contributed by atoms with Crippen LogP contribution >= 0.6 is 0 Å². The number of carbonyl (C=O) groups is 3. The van der Waals surface area contributed by atoms with Gasteiger partial charge in [-0.1, -0.05) is 234 Å². The SMILES string of the molecule is CC/C=C\C/C=C\C/C=C\C/C=C\C/C=C\C/C=C\CCC(=O)OCC(COC(=O)CCCCCCCCCCCC)OC(=O)CCCCCCC/C=C\CCCCCCCCCCC. The maximum atomic E-state index is 12.8. The topological polar surface area (TPSA) is 78.9 Å². The first-order chi connectivity index (χ1) is 32.0. The largest absolute Gasteiger partial charge is 0.462 e. The zero-order valence-corrected chi connectivity index (χ0v) is 42.5. The Hall–Kier alpha value is -3.41. The van der Waals surface area contributed by atoms with E-state index in [4.69, 9.17) is 14.2 Å². The predicted octanol–water partition coefficient (Wildman–Crippen LogP) is 18.0. The second-order valence-corrected chi connectivity index (χ2v) is 17.8. The van der Waals surface area contributed by atoms with Crippen LogP contribution in [0.3, 0.4) is 0 Å². The highest BCUT2D eigenvalue weighted by Gasteiger charge is 2.19. The van der Waals surface area contributed by atoms with Crippen LogP contribution < -0.4 is 0 Å². The monoisotopic (exact) mass is 905 g/mol. The highest BCUT2D eigenvalue weighted by molar-refractivity contribution is 5.71. The molecule has 6 heteroatoms. The third-order valence-corrected chi connectivity index (χ3v) is 11.4. The molecule has 0 radical (unpaired) electrons. The molecule has 0 aliphatic carbocycles. The molecule has 372 valence electrons. The second-order valence-electron chi connectivity index (χ2n) is 17.8. The minimum absolute atomic E-state index is 0.102. The van der Waals surface area contributed by atoms with E-state index >= 15 is 0 Å². The Morgan fingerprint density at radius 1 is 0.323 bits per heavy atom. The third kappa shape index (κ3) is 51.4. The Morgan fingerprint density at radius 3 is 1.03 bits per heavy atom. The van der Waals surface area contributed by atoms with Crippen molar-refractivity contribution in [3.05, 3.63) is 85.1 Å². The molecule has 0 aliphatic heterocycles. The summed E-state index contributed by atoms with van der Waals surface area (Å²) in [5.41, 5.74) is 0. The summed E-state index contributed by atoms with van der Waals surface area (Å²) in [5.74, 6) is -0.997. The van der Waals surface area contributed by atoms with E-state index < -0.39 is 6.10 Å². The van der Waals surface area contributed by atoms with Gasteiger partial charge in [0, 0.05) is 19.3 Å². The molecule has 1 unspecified atom stereocenters. The maximum absolute atomic E-state index is 12.8. The minimum atomic E-state index is -0.809. The highest BCUT2D eigenvalue weighted by atomic mass is 16.6. The second kappa shape index (κ2) is 53.2. The van der Waals surface area contributed by atoms with Gasteiger partial charge in [-0.25, -0.2) is 0 Å². The maximum Gasteiger partial charge on any atom is 0.306 e. The first kappa shape index (κ1) is 61.6. The van der Waals surface area contributed by atoms with Gasteiger partial charge in [-0.2, -0.15) is 0 Å². The van der Waals surface area contributed by atoms with Crippen molar-refractivity contribution in [1.82, 2.24) is 0 Å². The summed E-state index contributed by atoms with van der Waals surface area (Å²) in [5, 5.41) is 0. The van der Waals surface area contributed by atoms with E-state index in [0.717, 1.165) is 89.9 Å². The van der Waals surface area contributed by atoms with Gasteiger partial charge in [0.1, 0.15) is 13.2 Å². The molecule has 65 heavy (non-hydrogen) atoms. The number of rotatable bonds is 48. The Labute approximate surface area is 401 Å². The fourth-order valence-corrected chi connectivity index (χ4v) is 7.35. The van der Waals surface area contributed by atoms with Crippen molar-refractivity contribution in [3.63, 3.8) is 0 Å². The molecule has 0 aliphatic rings. The molecular weight excluding hydrogens is 805 g/mol. The molecule has 1 atom stereocenters. The van der Waals surface area contributed by atoms with Gasteiger partial charge in [-0.3, -0.25) is 14.4 Å². The summed E-state index contributed by atoms with van der Waals surface area (Å²) in [6, 6.07) is 0. The average molecular weight is 905 g/mol. The van der Waals surface area contributed by atoms with Crippen LogP contribution in [0.15, 0.2) is 85.1 Å². The summed E-state index contributed by atoms with van der Waals surface area (Å²) in [7, 11) is 0. The van der Waals surface area contributed by atoms with Crippen LogP contribution in [-0.2, 0) is 28.6 Å². The molecular formula is C59H100O6. The van der Waals surface area contributed by atoms with Gasteiger partial charge >= 0.3 is 17.9 Å². The molecule has 0 heterocycles. The Kier molecular flexibility index (Phi) is 50.4. The molecule has 0 aromatic rings. The molecule has 0 amide bonds. The number of hydrogen-bond donors (Lipinski definition) is 0. The number of ether oxygens (including phenoxy) is 3. The number of allylic oxidation sites excluding steroid dienone is 14. The van der Waals surface area contributed by atoms with Crippen molar-refractivity contribution in [1.29, 1.82) is 0 Å². The van der Waals surface area contributed by atoms with Gasteiger partial charge in [0.05, 0.1) is 0 Å². The fourth-order valence-electron chi connectivity index (χ4n) is 7.35. The van der Waals surface area contributed by atoms with Crippen LogP contribution in [0.4, 0.5) is 0 Å². The molecule has 0 saturated heterocycles. The molecule has 6 nitrogen and oxygen atoms in total. The van der Waals surface area contributed by atoms with Gasteiger partial charge < -0.3 is 14.2 Å². The molecule has 0 aromatic heterocycles. The van der Waals surface area contributed by atoms with Crippen molar-refractivity contribution >= 4 is 17.9 Å². The summed E-state index contributed by atoms with van der Waals surface area (Å²) in [4.78, 5) is 38.0. The summed E-state index contributed by atoms with van der Waals surface area (Å²) in [6.45, 7) is 6.45. The van der Waals surface area contributed by atoms with Crippen LogP contribution in [0.25, 0.3) is 0 Å². The fraction of sp³-hybridized carbons (Fsp3) is 0.712. The van der Waals surface area contributed by atoms with E-state index in [0.29, 0.717) is 19.3 Å². The van der Waals surface area contributed by atoms with Crippen LogP contribution in [0.2, 0.25) is 0 Å². The van der Waals surface area contributed by atoms with Gasteiger partial charge in [-0.15, -0.1) is 0 Å². The molecule has 0 fully saturated rings. The third-order valence-electron chi connectivity index (χ3n) is 11.4. The lowest BCUT2D eigenvalue weighted by Gasteiger charge is -2.18. The van der Waals surface area contributed by atoms with Crippen molar-refractivity contribution in [2.45, 2.75) is 258 Å². The van der Waals surface area contributed by atoms with Gasteiger partial charge in [0.2, 0.25) is 0 Å². The standard InChI is InChI=1S/C59H100O6/c1-4-7-10-13-16-19-22-24-26-28-30-32-33-35-37-40-43-46-49-52-58(61)64-55-56(54-63-57(60)51-48-45-42-39-21-18-15-12-9-6-3)65-59(62)53-50-47-44-41-38-36-34-31-29-27-25-23-20-17-14-11-8-5-2/h7,10,16,19,24,26,30-32,34-35,37,43,46,56H,4-6,8-9,11-15,17-18,20-23,25,27-29,33,36,38-42,44-45,47-55H2,1-3H3/b10-7-,19-16-,26-24-,32-30-,34-31-,37-35-,46-43-. The molecule has 0 rings (SSSR count). The number of esters is 3. The first-order valence-electron chi connectivity index (χ1n) is 27.1. The van der Waals surface area contributed by atoms with E-state index in [1.165, 1.54) is 116 Å². The Balaban J connectivity index is 4.46. The molecule has 0 aromatic carbocycles. The van der Waals surface area contributed by atoms with E-state index in [9.17, 15) is 14.4 Å². The van der Waals surface area contributed by atoms with Gasteiger partial charge in [0.15, 0.2) is 6.10 Å². The normalized spacial score (nSPS) is 12.7. The lowest BCUT2D eigenvalue weighted by Crippen LogP contribution is -2.30. The van der Waals surface area contributed by atoms with Crippen LogP contribution in [-0.4, -0.2) is 37.2 Å². The smallest absolute Gasteiger partial charge is 0.306 e. The molecule has 0 saturated carbocycles. The van der Waals surface area contributed by atoms with Gasteiger partial charge in [-0.05, 0) is 83.5 Å². The summed E-state index contributed by atoms with van der Waals surface area (Å²) >= 11 is 0. The minimum Gasteiger partial charge on any atom is -0.462 e. The van der Waals surface area contributed by atoms with Crippen LogP contribution in [0.5, 0.6) is 0 Å². The van der Waals surface area contributed by atoms with Crippen molar-refractivity contribution in [3.8, 4) is 0 Å². The molecule has 0 spiro atoms. The lowest BCUT2D eigenvalue weighted by atomic mass is 10.1. The van der Waals surface area contributed by atoms with Crippen LogP contribution in [0, 0.1) is 0 Å². The zero-order chi connectivity index (χ0) is 47.2. The van der Waals surface area contributed by atoms with E-state index in [1.54, 1.807) is 0 Å². The lowest BCUT2D eigenvalue weighted by molar-refractivity contribution is -0.166. The molecule has 0 N–H and O–H groups in total. The highest BCUT2D eigenvalue weighted by Crippen LogP contribution is 2.14. The number of hydrogen-bond acceptors (Lipinski definition) is 6. The summed E-state index contributed by atoms with van der Waals surface area (Å²) in [6.07, 6.45) is 68.7. The van der Waals surface area contributed by atoms with Crippen molar-refractivity contribution < 1.29 is 28.6 Å². The van der Waals surface area contributed by atoms with Crippen molar-refractivity contribution in [2.24, 2.45) is 0 Å². The van der Waals surface area contributed by atoms with Crippen LogP contribution in [0.1, 0.15) is 252 Å². The number of carbonyl (C=O) groups excluding carboxylic acids is 3.